The van der Waals surface area contributed by atoms with E-state index in [1.54, 1.807) is 5.57 Å². The number of fused-ring (bicyclic) bond motifs is 2. The summed E-state index contributed by atoms with van der Waals surface area (Å²) in [6.45, 7) is 4.63. The van der Waals surface area contributed by atoms with E-state index in [9.17, 15) is 4.79 Å². The molecular formula is C13H20O. The van der Waals surface area contributed by atoms with Gasteiger partial charge in [-0.2, -0.15) is 0 Å². The lowest BCUT2D eigenvalue weighted by molar-refractivity contribution is -0.120. The van der Waals surface area contributed by atoms with Crippen LogP contribution in [0.2, 0.25) is 0 Å². The molecular weight excluding hydrogens is 172 g/mol. The zero-order valence-electron chi connectivity index (χ0n) is 9.31. The lowest BCUT2D eigenvalue weighted by Crippen LogP contribution is -2.21. The maximum Gasteiger partial charge on any atom is 0.133 e. The van der Waals surface area contributed by atoms with Gasteiger partial charge in [0.05, 0.1) is 0 Å². The van der Waals surface area contributed by atoms with E-state index in [0.29, 0.717) is 17.1 Å². The highest BCUT2D eigenvalue weighted by molar-refractivity contribution is 5.78. The molecule has 0 aromatic heterocycles. The molecule has 0 aromatic rings. The van der Waals surface area contributed by atoms with Crippen molar-refractivity contribution in [1.82, 2.24) is 0 Å². The fourth-order valence-electron chi connectivity index (χ4n) is 2.95. The number of carbonyl (C=O) groups is 1. The Bertz CT molecular complexity index is 273. The molecule has 1 saturated carbocycles. The van der Waals surface area contributed by atoms with Gasteiger partial charge in [0.25, 0.3) is 0 Å². The van der Waals surface area contributed by atoms with Gasteiger partial charge in [-0.25, -0.2) is 0 Å². The van der Waals surface area contributed by atoms with E-state index in [1.165, 1.54) is 12.8 Å². The lowest BCUT2D eigenvalue weighted by Gasteiger charge is -2.27. The zero-order valence-corrected chi connectivity index (χ0v) is 9.31. The third-order valence-corrected chi connectivity index (χ3v) is 4.13. The van der Waals surface area contributed by atoms with Gasteiger partial charge in [0, 0.05) is 12.8 Å². The van der Waals surface area contributed by atoms with Gasteiger partial charge in [-0.15, -0.1) is 0 Å². The SMILES string of the molecule is CC1(C)/C2=C\CCCC(=O)C[C@H]1CC2. The minimum atomic E-state index is 0.292. The van der Waals surface area contributed by atoms with Crippen molar-refractivity contribution in [1.29, 1.82) is 0 Å². The Morgan fingerprint density at radius 2 is 2.14 bits per heavy atom. The standard InChI is InChI=1S/C13H20O/c1-13(2)10-5-3-4-6-12(14)9-11(13)8-7-10/h5,11H,3-4,6-9H2,1-2H3/b10-5-/t11-/m1/s1. The monoisotopic (exact) mass is 192 g/mol. The first kappa shape index (κ1) is 9.95. The summed E-state index contributed by atoms with van der Waals surface area (Å²) < 4.78 is 0. The Morgan fingerprint density at radius 1 is 1.36 bits per heavy atom. The van der Waals surface area contributed by atoms with Gasteiger partial charge < -0.3 is 0 Å². The van der Waals surface area contributed by atoms with Gasteiger partial charge in [-0.1, -0.05) is 25.5 Å². The first-order valence-corrected chi connectivity index (χ1v) is 5.82. The predicted molar refractivity (Wildman–Crippen MR) is 58.1 cm³/mol. The largest absolute Gasteiger partial charge is 0.300 e. The van der Waals surface area contributed by atoms with E-state index in [-0.39, 0.29) is 0 Å². The van der Waals surface area contributed by atoms with Crippen molar-refractivity contribution in [3.63, 3.8) is 0 Å². The normalized spacial score (nSPS) is 35.4. The molecule has 0 N–H and O–H groups in total. The number of hydrogen-bond donors (Lipinski definition) is 0. The molecule has 78 valence electrons. The van der Waals surface area contributed by atoms with Crippen LogP contribution in [0.25, 0.3) is 0 Å². The summed E-state index contributed by atoms with van der Waals surface area (Å²) >= 11 is 0. The second-order valence-electron chi connectivity index (χ2n) is 5.32. The summed E-state index contributed by atoms with van der Waals surface area (Å²) in [6, 6.07) is 0. The second-order valence-corrected chi connectivity index (χ2v) is 5.32. The van der Waals surface area contributed by atoms with Gasteiger partial charge in [0.1, 0.15) is 5.78 Å². The number of carbonyl (C=O) groups excluding carboxylic acids is 1. The molecule has 2 aliphatic carbocycles. The molecule has 0 aromatic carbocycles. The van der Waals surface area contributed by atoms with Crippen molar-refractivity contribution in [2.75, 3.05) is 0 Å². The maximum atomic E-state index is 11.6. The van der Waals surface area contributed by atoms with Crippen LogP contribution in [0.15, 0.2) is 11.6 Å². The van der Waals surface area contributed by atoms with Crippen LogP contribution >= 0.6 is 0 Å². The molecule has 14 heavy (non-hydrogen) atoms. The third kappa shape index (κ3) is 1.65. The molecule has 2 bridgehead atoms. The van der Waals surface area contributed by atoms with Crippen molar-refractivity contribution >= 4 is 5.78 Å². The van der Waals surface area contributed by atoms with Crippen LogP contribution in [0.1, 0.15) is 52.4 Å². The van der Waals surface area contributed by atoms with Crippen molar-refractivity contribution in [3.8, 4) is 0 Å². The number of ketones is 1. The molecule has 0 amide bonds. The predicted octanol–water partition coefficient (Wildman–Crippen LogP) is 3.49. The van der Waals surface area contributed by atoms with E-state index in [4.69, 9.17) is 0 Å². The van der Waals surface area contributed by atoms with Gasteiger partial charge in [-0.05, 0) is 37.0 Å². The molecule has 0 aliphatic heterocycles. The number of hydrogen-bond acceptors (Lipinski definition) is 1. The molecule has 1 nitrogen and oxygen atoms in total. The van der Waals surface area contributed by atoms with Crippen LogP contribution in [-0.4, -0.2) is 5.78 Å². The molecule has 1 atom stereocenters. The van der Waals surface area contributed by atoms with E-state index in [1.807, 2.05) is 0 Å². The van der Waals surface area contributed by atoms with Gasteiger partial charge >= 0.3 is 0 Å². The van der Waals surface area contributed by atoms with Crippen LogP contribution in [0, 0.1) is 11.3 Å². The summed E-state index contributed by atoms with van der Waals surface area (Å²) in [7, 11) is 0. The lowest BCUT2D eigenvalue weighted by atomic mass is 9.77. The maximum absolute atomic E-state index is 11.6. The number of Topliss-reactive ketones (excluding diaryl/α,β-unsaturated/α-hetero) is 1. The third-order valence-electron chi connectivity index (χ3n) is 4.13. The van der Waals surface area contributed by atoms with Gasteiger partial charge in [0.2, 0.25) is 0 Å². The highest BCUT2D eigenvalue weighted by Gasteiger charge is 2.39. The molecule has 0 saturated heterocycles. The minimum absolute atomic E-state index is 0.292. The average Bonchev–Trinajstić information content (AvgIpc) is 2.41. The summed E-state index contributed by atoms with van der Waals surface area (Å²) in [5, 5.41) is 0. The van der Waals surface area contributed by atoms with Crippen LogP contribution in [0.4, 0.5) is 0 Å². The molecule has 0 unspecified atom stereocenters. The molecule has 0 radical (unpaired) electrons. The average molecular weight is 192 g/mol. The molecule has 0 spiro atoms. The fourth-order valence-corrected chi connectivity index (χ4v) is 2.95. The molecule has 1 fully saturated rings. The highest BCUT2D eigenvalue weighted by atomic mass is 16.1. The van der Waals surface area contributed by atoms with Crippen molar-refractivity contribution in [2.24, 2.45) is 11.3 Å². The quantitative estimate of drug-likeness (QED) is 0.537. The number of allylic oxidation sites excluding steroid dienone is 2. The van der Waals surface area contributed by atoms with E-state index in [2.05, 4.69) is 19.9 Å². The number of rotatable bonds is 0. The summed E-state index contributed by atoms with van der Waals surface area (Å²) in [4.78, 5) is 11.6. The van der Waals surface area contributed by atoms with Crippen molar-refractivity contribution < 1.29 is 4.79 Å². The van der Waals surface area contributed by atoms with Crippen LogP contribution in [-0.2, 0) is 4.79 Å². The summed E-state index contributed by atoms with van der Waals surface area (Å²) in [5.41, 5.74) is 1.90. The second kappa shape index (κ2) is 3.52. The summed E-state index contributed by atoms with van der Waals surface area (Å²) in [6.07, 6.45) is 8.65. The van der Waals surface area contributed by atoms with E-state index < -0.39 is 0 Å². The minimum Gasteiger partial charge on any atom is -0.300 e. The Hall–Kier alpha value is -0.590. The Kier molecular flexibility index (Phi) is 2.50. The fraction of sp³-hybridized carbons (Fsp3) is 0.769. The van der Waals surface area contributed by atoms with Crippen molar-refractivity contribution in [2.45, 2.75) is 52.4 Å². The first-order chi connectivity index (χ1) is 6.60. The zero-order chi connectivity index (χ0) is 10.2. The highest BCUT2D eigenvalue weighted by Crippen LogP contribution is 2.49. The van der Waals surface area contributed by atoms with Crippen molar-refractivity contribution in [3.05, 3.63) is 11.6 Å². The molecule has 0 heterocycles. The first-order valence-electron chi connectivity index (χ1n) is 5.82. The van der Waals surface area contributed by atoms with Crippen LogP contribution in [0.3, 0.4) is 0 Å². The summed E-state index contributed by atoms with van der Waals surface area (Å²) in [5.74, 6) is 1.10. The van der Waals surface area contributed by atoms with E-state index >= 15 is 0 Å². The van der Waals surface area contributed by atoms with Gasteiger partial charge in [0.15, 0.2) is 0 Å². The Balaban J connectivity index is 2.26. The molecule has 1 heteroatoms. The topological polar surface area (TPSA) is 17.1 Å². The van der Waals surface area contributed by atoms with Gasteiger partial charge in [-0.3, -0.25) is 4.79 Å². The Morgan fingerprint density at radius 3 is 2.93 bits per heavy atom. The molecule has 2 rings (SSSR count). The Labute approximate surface area is 86.6 Å². The molecule has 2 aliphatic rings. The smallest absolute Gasteiger partial charge is 0.133 e. The van der Waals surface area contributed by atoms with Crippen LogP contribution in [0.5, 0.6) is 0 Å². The van der Waals surface area contributed by atoms with Crippen LogP contribution < -0.4 is 0 Å². The van der Waals surface area contributed by atoms with E-state index in [0.717, 1.165) is 25.7 Å².